The summed E-state index contributed by atoms with van der Waals surface area (Å²) in [7, 11) is 0. The highest BCUT2D eigenvalue weighted by atomic mass is 16.5. The van der Waals surface area contributed by atoms with Gasteiger partial charge in [-0.25, -0.2) is 4.79 Å². The highest BCUT2D eigenvalue weighted by Gasteiger charge is 2.23. The summed E-state index contributed by atoms with van der Waals surface area (Å²) in [6, 6.07) is 3.40. The van der Waals surface area contributed by atoms with Crippen LogP contribution in [0.2, 0.25) is 0 Å². The number of Topliss-reactive ketones (excluding diaryl/α,β-unsaturated/α-hetero) is 1. The molecule has 4 nitrogen and oxygen atoms in total. The number of rotatable bonds is 7. The number of carboxylic acid groups (broad SMARTS) is 1. The van der Waals surface area contributed by atoms with Crippen LogP contribution in [0.3, 0.4) is 0 Å². The summed E-state index contributed by atoms with van der Waals surface area (Å²) in [5, 5.41) is 9.06. The van der Waals surface area contributed by atoms with Gasteiger partial charge in [-0.3, -0.25) is 4.79 Å². The molecule has 0 atom stereocenters. The van der Waals surface area contributed by atoms with E-state index < -0.39 is 11.8 Å². The van der Waals surface area contributed by atoms with Crippen molar-refractivity contribution in [1.29, 1.82) is 0 Å². The molecule has 0 aromatic heterocycles. The van der Waals surface area contributed by atoms with E-state index in [0.29, 0.717) is 12.5 Å². The minimum Gasteiger partial charge on any atom is -0.493 e. The lowest BCUT2D eigenvalue weighted by Crippen LogP contribution is -2.18. The Labute approximate surface area is 150 Å². The molecule has 0 amide bonds. The van der Waals surface area contributed by atoms with Crippen molar-refractivity contribution in [3.05, 3.63) is 28.8 Å². The van der Waals surface area contributed by atoms with E-state index in [1.54, 1.807) is 12.1 Å². The fraction of sp³-hybridized carbons (Fsp3) is 0.619. The van der Waals surface area contributed by atoms with Crippen LogP contribution in [0.1, 0.15) is 93.1 Å². The van der Waals surface area contributed by atoms with Gasteiger partial charge in [-0.15, -0.1) is 0 Å². The average molecular weight is 346 g/mol. The first kappa shape index (κ1) is 19.5. The summed E-state index contributed by atoms with van der Waals surface area (Å²) in [4.78, 5) is 23.1. The molecule has 1 aromatic rings. The monoisotopic (exact) mass is 346 g/mol. The molecule has 1 saturated carbocycles. The molecule has 0 heterocycles. The van der Waals surface area contributed by atoms with Gasteiger partial charge >= 0.3 is 5.97 Å². The molecule has 2 rings (SSSR count). The number of carbonyl (C=O) groups excluding carboxylic acids is 1. The maximum absolute atomic E-state index is 12.0. The molecule has 0 spiro atoms. The predicted molar refractivity (Wildman–Crippen MR) is 98.7 cm³/mol. The molecule has 0 aliphatic heterocycles. The Morgan fingerprint density at radius 2 is 1.56 bits per heavy atom. The second-order valence-electron chi connectivity index (χ2n) is 7.74. The third-order valence-electron chi connectivity index (χ3n) is 5.03. The molecule has 138 valence electrons. The van der Waals surface area contributed by atoms with E-state index in [-0.39, 0.29) is 17.4 Å². The lowest BCUT2D eigenvalue weighted by Gasteiger charge is -2.25. The molecule has 1 aliphatic rings. The predicted octanol–water partition coefficient (Wildman–Crippen LogP) is 5.16. The molecule has 0 bridgehead atoms. The molecule has 1 N–H and O–H groups in total. The standard InChI is InChI=1S/C21H30O4/c1-13(2)17-10-16(19(22)21(23)24)11-18(14(3)4)20(17)25-12-15-8-6-5-7-9-15/h10-11,13-15H,5-9,12H2,1-4H3,(H,23,24). The summed E-state index contributed by atoms with van der Waals surface area (Å²) in [6.07, 6.45) is 6.28. The van der Waals surface area contributed by atoms with Crippen molar-refractivity contribution in [2.24, 2.45) is 5.92 Å². The highest BCUT2D eigenvalue weighted by molar-refractivity contribution is 6.39. The summed E-state index contributed by atoms with van der Waals surface area (Å²) < 4.78 is 6.27. The van der Waals surface area contributed by atoms with Crippen LogP contribution < -0.4 is 4.74 Å². The fourth-order valence-corrected chi connectivity index (χ4v) is 3.51. The molecule has 1 fully saturated rings. The maximum atomic E-state index is 12.0. The Morgan fingerprint density at radius 1 is 1.04 bits per heavy atom. The first-order valence-electron chi connectivity index (χ1n) is 9.39. The second-order valence-corrected chi connectivity index (χ2v) is 7.74. The number of carboxylic acids is 1. The summed E-state index contributed by atoms with van der Waals surface area (Å²) in [5.74, 6) is -0.532. The van der Waals surface area contributed by atoms with Crippen LogP contribution in [0, 0.1) is 5.92 Å². The maximum Gasteiger partial charge on any atom is 0.377 e. The zero-order valence-corrected chi connectivity index (χ0v) is 15.8. The number of ketones is 1. The smallest absolute Gasteiger partial charge is 0.377 e. The van der Waals surface area contributed by atoms with Crippen LogP contribution in [-0.4, -0.2) is 23.5 Å². The summed E-state index contributed by atoms with van der Waals surface area (Å²) in [6.45, 7) is 8.87. The average Bonchev–Trinajstić information content (AvgIpc) is 2.59. The summed E-state index contributed by atoms with van der Waals surface area (Å²) >= 11 is 0. The van der Waals surface area contributed by atoms with Crippen LogP contribution in [0.25, 0.3) is 0 Å². The van der Waals surface area contributed by atoms with E-state index in [9.17, 15) is 9.59 Å². The van der Waals surface area contributed by atoms with Crippen LogP contribution in [0.15, 0.2) is 12.1 Å². The zero-order chi connectivity index (χ0) is 18.6. The van der Waals surface area contributed by atoms with Gasteiger partial charge in [-0.1, -0.05) is 47.0 Å². The minimum absolute atomic E-state index is 0.153. The Bertz CT molecular complexity index is 596. The SMILES string of the molecule is CC(C)c1cc(C(=O)C(=O)O)cc(C(C)C)c1OCC1CCCCC1. The molecule has 25 heavy (non-hydrogen) atoms. The highest BCUT2D eigenvalue weighted by Crippen LogP contribution is 2.37. The number of ether oxygens (including phenoxy) is 1. The number of aliphatic carboxylic acids is 1. The molecule has 1 aromatic carbocycles. The Hall–Kier alpha value is -1.84. The van der Waals surface area contributed by atoms with Crippen LogP contribution in [0.4, 0.5) is 0 Å². The zero-order valence-electron chi connectivity index (χ0n) is 15.8. The number of benzene rings is 1. The lowest BCUT2D eigenvalue weighted by molar-refractivity contribution is -0.131. The Morgan fingerprint density at radius 3 is 2.00 bits per heavy atom. The first-order chi connectivity index (χ1) is 11.8. The van der Waals surface area contributed by atoms with E-state index in [0.717, 1.165) is 16.9 Å². The lowest BCUT2D eigenvalue weighted by atomic mass is 9.89. The molecular formula is C21H30O4. The van der Waals surface area contributed by atoms with Crippen molar-refractivity contribution in [3.63, 3.8) is 0 Å². The van der Waals surface area contributed by atoms with Gasteiger partial charge in [0, 0.05) is 5.56 Å². The molecule has 0 radical (unpaired) electrons. The quantitative estimate of drug-likeness (QED) is 0.547. The number of carbonyl (C=O) groups is 2. The fourth-order valence-electron chi connectivity index (χ4n) is 3.51. The minimum atomic E-state index is -1.42. The summed E-state index contributed by atoms with van der Waals surface area (Å²) in [5.41, 5.74) is 2.09. The normalized spacial score (nSPS) is 15.6. The van der Waals surface area contributed by atoms with E-state index in [1.165, 1.54) is 32.1 Å². The van der Waals surface area contributed by atoms with Gasteiger partial charge in [-0.05, 0) is 53.9 Å². The number of hydrogen-bond acceptors (Lipinski definition) is 3. The van der Waals surface area contributed by atoms with Gasteiger partial charge in [0.05, 0.1) is 6.61 Å². The van der Waals surface area contributed by atoms with Crippen molar-refractivity contribution in [2.45, 2.75) is 71.6 Å². The Balaban J connectivity index is 2.37. The number of hydrogen-bond donors (Lipinski definition) is 1. The molecule has 0 unspecified atom stereocenters. The third kappa shape index (κ3) is 4.83. The van der Waals surface area contributed by atoms with E-state index in [1.807, 2.05) is 27.7 Å². The van der Waals surface area contributed by atoms with E-state index in [4.69, 9.17) is 9.84 Å². The second kappa shape index (κ2) is 8.50. The topological polar surface area (TPSA) is 63.6 Å². The van der Waals surface area contributed by atoms with Crippen molar-refractivity contribution < 1.29 is 19.4 Å². The van der Waals surface area contributed by atoms with E-state index in [2.05, 4.69) is 0 Å². The molecule has 1 aliphatic carbocycles. The van der Waals surface area contributed by atoms with Gasteiger partial charge in [-0.2, -0.15) is 0 Å². The van der Waals surface area contributed by atoms with Crippen molar-refractivity contribution in [3.8, 4) is 5.75 Å². The van der Waals surface area contributed by atoms with Gasteiger partial charge in [0.25, 0.3) is 5.78 Å². The van der Waals surface area contributed by atoms with Crippen LogP contribution in [0.5, 0.6) is 5.75 Å². The van der Waals surface area contributed by atoms with Crippen LogP contribution >= 0.6 is 0 Å². The molecular weight excluding hydrogens is 316 g/mol. The van der Waals surface area contributed by atoms with Gasteiger partial charge < -0.3 is 9.84 Å². The van der Waals surface area contributed by atoms with Crippen molar-refractivity contribution >= 4 is 11.8 Å². The Kier molecular flexibility index (Phi) is 6.63. The molecule has 4 heteroatoms. The van der Waals surface area contributed by atoms with Crippen LogP contribution in [-0.2, 0) is 4.79 Å². The van der Waals surface area contributed by atoms with Gasteiger partial charge in [0.1, 0.15) is 5.75 Å². The molecule has 0 saturated heterocycles. The van der Waals surface area contributed by atoms with Crippen molar-refractivity contribution in [1.82, 2.24) is 0 Å². The van der Waals surface area contributed by atoms with Crippen molar-refractivity contribution in [2.75, 3.05) is 6.61 Å². The van der Waals surface area contributed by atoms with E-state index >= 15 is 0 Å². The largest absolute Gasteiger partial charge is 0.493 e. The van der Waals surface area contributed by atoms with Gasteiger partial charge in [0.2, 0.25) is 0 Å². The van der Waals surface area contributed by atoms with Gasteiger partial charge in [0.15, 0.2) is 0 Å². The first-order valence-corrected chi connectivity index (χ1v) is 9.39. The third-order valence-corrected chi connectivity index (χ3v) is 5.03.